The van der Waals surface area contributed by atoms with Crippen LogP contribution in [0.15, 0.2) is 84.9 Å². The van der Waals surface area contributed by atoms with Crippen molar-refractivity contribution in [2.24, 2.45) is 0 Å². The maximum Gasteiger partial charge on any atom is 0.119 e. The normalized spacial score (nSPS) is 10.7. The molecule has 3 aromatic carbocycles. The van der Waals surface area contributed by atoms with Crippen LogP contribution in [0, 0.1) is 0 Å². The van der Waals surface area contributed by atoms with Gasteiger partial charge in [-0.1, -0.05) is 60.7 Å². The number of methoxy groups -OCH3 is 1. The second-order valence-electron chi connectivity index (χ2n) is 5.38. The van der Waals surface area contributed by atoms with Crippen molar-refractivity contribution in [1.29, 1.82) is 0 Å². The predicted octanol–water partition coefficient (Wildman–Crippen LogP) is 5.45. The molecule has 0 saturated heterocycles. The summed E-state index contributed by atoms with van der Waals surface area (Å²) < 4.78 is 10.9. The summed E-state index contributed by atoms with van der Waals surface area (Å²) in [7, 11) is 1.67. The Balaban J connectivity index is 1.54. The maximum absolute atomic E-state index is 5.75. The Kier molecular flexibility index (Phi) is 5.31. The summed E-state index contributed by atoms with van der Waals surface area (Å²) in [5, 5.41) is 0. The van der Waals surface area contributed by atoms with Crippen molar-refractivity contribution >= 4 is 6.08 Å². The number of rotatable bonds is 6. The van der Waals surface area contributed by atoms with Crippen LogP contribution in [0.25, 0.3) is 17.2 Å². The topological polar surface area (TPSA) is 18.5 Å². The van der Waals surface area contributed by atoms with Crippen molar-refractivity contribution in [2.45, 2.75) is 0 Å². The first-order valence-corrected chi connectivity index (χ1v) is 7.94. The summed E-state index contributed by atoms with van der Waals surface area (Å²) in [6.45, 7) is 0.538. The molecule has 0 atom stereocenters. The molecule has 3 rings (SSSR count). The van der Waals surface area contributed by atoms with Gasteiger partial charge in [0, 0.05) is 0 Å². The quantitative estimate of drug-likeness (QED) is 0.601. The van der Waals surface area contributed by atoms with Crippen LogP contribution in [0.3, 0.4) is 0 Å². The molecule has 120 valence electrons. The van der Waals surface area contributed by atoms with Crippen molar-refractivity contribution < 1.29 is 9.47 Å². The zero-order valence-electron chi connectivity index (χ0n) is 13.7. The van der Waals surface area contributed by atoms with E-state index in [1.54, 1.807) is 7.11 Å². The van der Waals surface area contributed by atoms with Crippen LogP contribution < -0.4 is 9.47 Å². The van der Waals surface area contributed by atoms with Crippen LogP contribution in [-0.2, 0) is 0 Å². The number of hydrogen-bond acceptors (Lipinski definition) is 2. The first-order chi connectivity index (χ1) is 11.8. The van der Waals surface area contributed by atoms with E-state index < -0.39 is 0 Å². The van der Waals surface area contributed by atoms with Crippen molar-refractivity contribution in [3.63, 3.8) is 0 Å². The molecule has 24 heavy (non-hydrogen) atoms. The summed E-state index contributed by atoms with van der Waals surface area (Å²) >= 11 is 0. The van der Waals surface area contributed by atoms with E-state index in [0.717, 1.165) is 17.1 Å². The van der Waals surface area contributed by atoms with Gasteiger partial charge in [0.25, 0.3) is 0 Å². The van der Waals surface area contributed by atoms with Gasteiger partial charge in [-0.05, 0) is 47.0 Å². The highest BCUT2D eigenvalue weighted by Gasteiger charge is 1.97. The SMILES string of the molecule is COc1ccc(C=CCOc2ccc(-c3ccccc3)cc2)cc1. The smallest absolute Gasteiger partial charge is 0.119 e. The molecule has 0 spiro atoms. The fourth-order valence-electron chi connectivity index (χ4n) is 2.42. The summed E-state index contributed by atoms with van der Waals surface area (Å²) in [4.78, 5) is 0. The molecule has 0 fully saturated rings. The molecule has 0 unspecified atom stereocenters. The zero-order valence-corrected chi connectivity index (χ0v) is 13.7. The third kappa shape index (κ3) is 4.26. The molecule has 0 heterocycles. The molecule has 0 aliphatic heterocycles. The molecule has 2 nitrogen and oxygen atoms in total. The second kappa shape index (κ2) is 8.02. The Bertz CT molecular complexity index is 772. The average molecular weight is 316 g/mol. The lowest BCUT2D eigenvalue weighted by molar-refractivity contribution is 0.363. The highest BCUT2D eigenvalue weighted by Crippen LogP contribution is 2.22. The van der Waals surface area contributed by atoms with E-state index in [1.807, 2.05) is 66.7 Å². The summed E-state index contributed by atoms with van der Waals surface area (Å²) in [5.41, 5.74) is 3.53. The van der Waals surface area contributed by atoms with Crippen LogP contribution >= 0.6 is 0 Å². The van der Waals surface area contributed by atoms with E-state index in [4.69, 9.17) is 9.47 Å². The molecule has 2 heteroatoms. The lowest BCUT2D eigenvalue weighted by Gasteiger charge is -2.05. The summed E-state index contributed by atoms with van der Waals surface area (Å²) in [5.74, 6) is 1.73. The number of hydrogen-bond donors (Lipinski definition) is 0. The summed E-state index contributed by atoms with van der Waals surface area (Å²) in [6.07, 6.45) is 4.05. The molecule has 0 aliphatic carbocycles. The number of benzene rings is 3. The molecular weight excluding hydrogens is 296 g/mol. The molecule has 0 aromatic heterocycles. The minimum atomic E-state index is 0.538. The van der Waals surface area contributed by atoms with E-state index >= 15 is 0 Å². The van der Waals surface area contributed by atoms with E-state index in [-0.39, 0.29) is 0 Å². The van der Waals surface area contributed by atoms with Gasteiger partial charge in [0.2, 0.25) is 0 Å². The Morgan fingerprint density at radius 2 is 1.33 bits per heavy atom. The van der Waals surface area contributed by atoms with Crippen LogP contribution in [0.2, 0.25) is 0 Å². The first kappa shape index (κ1) is 15.9. The second-order valence-corrected chi connectivity index (χ2v) is 5.38. The third-order valence-corrected chi connectivity index (χ3v) is 3.73. The van der Waals surface area contributed by atoms with Gasteiger partial charge in [-0.3, -0.25) is 0 Å². The third-order valence-electron chi connectivity index (χ3n) is 3.73. The lowest BCUT2D eigenvalue weighted by Crippen LogP contribution is -1.93. The number of ether oxygens (including phenoxy) is 2. The minimum absolute atomic E-state index is 0.538. The molecule has 0 bridgehead atoms. The fraction of sp³-hybridized carbons (Fsp3) is 0.0909. The molecular formula is C22H20O2. The first-order valence-electron chi connectivity index (χ1n) is 7.94. The molecule has 0 N–H and O–H groups in total. The monoisotopic (exact) mass is 316 g/mol. The largest absolute Gasteiger partial charge is 0.497 e. The summed E-state index contributed by atoms with van der Waals surface area (Å²) in [6, 6.07) is 26.4. The Morgan fingerprint density at radius 1 is 0.708 bits per heavy atom. The van der Waals surface area contributed by atoms with Gasteiger partial charge in [-0.15, -0.1) is 0 Å². The Labute approximate surface area is 143 Å². The van der Waals surface area contributed by atoms with Crippen LogP contribution in [0.5, 0.6) is 11.5 Å². The maximum atomic E-state index is 5.75. The van der Waals surface area contributed by atoms with E-state index in [0.29, 0.717) is 6.61 Å². The van der Waals surface area contributed by atoms with Gasteiger partial charge in [-0.2, -0.15) is 0 Å². The van der Waals surface area contributed by atoms with Crippen molar-refractivity contribution in [1.82, 2.24) is 0 Å². The van der Waals surface area contributed by atoms with Crippen LogP contribution in [0.4, 0.5) is 0 Å². The van der Waals surface area contributed by atoms with Gasteiger partial charge in [0.1, 0.15) is 18.1 Å². The van der Waals surface area contributed by atoms with Gasteiger partial charge in [-0.25, -0.2) is 0 Å². The van der Waals surface area contributed by atoms with E-state index in [9.17, 15) is 0 Å². The standard InChI is InChI=1S/C22H20O2/c1-23-21-13-9-18(10-14-21)6-5-17-24-22-15-11-20(12-16-22)19-7-3-2-4-8-19/h2-16H,17H2,1H3. The molecule has 3 aromatic rings. The van der Waals surface area contributed by atoms with Gasteiger partial charge < -0.3 is 9.47 Å². The lowest BCUT2D eigenvalue weighted by atomic mass is 10.1. The van der Waals surface area contributed by atoms with Crippen LogP contribution in [-0.4, -0.2) is 13.7 Å². The van der Waals surface area contributed by atoms with Crippen molar-refractivity contribution in [3.05, 3.63) is 90.5 Å². The Morgan fingerprint density at radius 3 is 2.00 bits per heavy atom. The molecule has 0 aliphatic rings. The van der Waals surface area contributed by atoms with Crippen LogP contribution in [0.1, 0.15) is 5.56 Å². The van der Waals surface area contributed by atoms with E-state index in [1.165, 1.54) is 11.1 Å². The molecule has 0 radical (unpaired) electrons. The zero-order chi connectivity index (χ0) is 16.6. The highest BCUT2D eigenvalue weighted by atomic mass is 16.5. The van der Waals surface area contributed by atoms with Gasteiger partial charge in [0.05, 0.1) is 7.11 Å². The molecule has 0 saturated carbocycles. The van der Waals surface area contributed by atoms with Crippen molar-refractivity contribution in [2.75, 3.05) is 13.7 Å². The van der Waals surface area contributed by atoms with Gasteiger partial charge >= 0.3 is 0 Å². The minimum Gasteiger partial charge on any atom is -0.497 e. The average Bonchev–Trinajstić information content (AvgIpc) is 2.67. The highest BCUT2D eigenvalue weighted by molar-refractivity contribution is 5.63. The predicted molar refractivity (Wildman–Crippen MR) is 99.4 cm³/mol. The Hall–Kier alpha value is -3.00. The van der Waals surface area contributed by atoms with E-state index in [2.05, 4.69) is 24.3 Å². The van der Waals surface area contributed by atoms with Crippen molar-refractivity contribution in [3.8, 4) is 22.6 Å². The van der Waals surface area contributed by atoms with Gasteiger partial charge in [0.15, 0.2) is 0 Å². The fourth-order valence-corrected chi connectivity index (χ4v) is 2.42. The molecule has 0 amide bonds.